The Hall–Kier alpha value is -3.55. The lowest BCUT2D eigenvalue weighted by molar-refractivity contribution is -0.385. The molecule has 0 bridgehead atoms. The van der Waals surface area contributed by atoms with E-state index in [-0.39, 0.29) is 23.6 Å². The summed E-state index contributed by atoms with van der Waals surface area (Å²) in [5.41, 5.74) is 7.03. The normalized spacial score (nSPS) is 10.5. The molecule has 0 aliphatic heterocycles. The minimum absolute atomic E-state index is 0.0254. The summed E-state index contributed by atoms with van der Waals surface area (Å²) in [7, 11) is 0. The number of nitrogens with one attached hydrogen (secondary N) is 1. The minimum Gasteiger partial charge on any atom is -0.383 e. The van der Waals surface area contributed by atoms with Crippen LogP contribution in [0.15, 0.2) is 48.8 Å². The number of fused-ring (bicyclic) bond motifs is 1. The van der Waals surface area contributed by atoms with E-state index in [2.05, 4.69) is 15.3 Å². The van der Waals surface area contributed by atoms with Crippen LogP contribution in [0.3, 0.4) is 0 Å². The van der Waals surface area contributed by atoms with E-state index in [4.69, 9.17) is 5.73 Å². The molecule has 1 aromatic carbocycles. The first-order valence-electron chi connectivity index (χ1n) is 7.07. The van der Waals surface area contributed by atoms with Crippen LogP contribution in [0.4, 0.5) is 11.5 Å². The fourth-order valence-electron chi connectivity index (χ4n) is 2.33. The topological polar surface area (TPSA) is 124 Å². The maximum absolute atomic E-state index is 12.3. The van der Waals surface area contributed by atoms with E-state index < -0.39 is 10.8 Å². The van der Waals surface area contributed by atoms with E-state index in [0.29, 0.717) is 0 Å². The van der Waals surface area contributed by atoms with Crippen molar-refractivity contribution < 1.29 is 9.72 Å². The van der Waals surface area contributed by atoms with Gasteiger partial charge in [-0.25, -0.2) is 4.98 Å². The van der Waals surface area contributed by atoms with Gasteiger partial charge in [-0.3, -0.25) is 19.9 Å². The van der Waals surface area contributed by atoms with Crippen LogP contribution in [-0.2, 0) is 6.54 Å². The van der Waals surface area contributed by atoms with Crippen LogP contribution in [-0.4, -0.2) is 20.8 Å². The molecule has 8 nitrogen and oxygen atoms in total. The summed E-state index contributed by atoms with van der Waals surface area (Å²) in [5, 5.41) is 14.4. The molecule has 0 saturated carbocycles. The average molecular weight is 323 g/mol. The molecule has 2 aromatic heterocycles. The van der Waals surface area contributed by atoms with Gasteiger partial charge in [-0.1, -0.05) is 18.2 Å². The highest BCUT2D eigenvalue weighted by Gasteiger charge is 2.16. The lowest BCUT2D eigenvalue weighted by atomic mass is 10.1. The number of benzene rings is 1. The number of carbonyl (C=O) groups is 1. The fourth-order valence-corrected chi connectivity index (χ4v) is 2.33. The maximum atomic E-state index is 12.3. The molecular weight excluding hydrogens is 310 g/mol. The predicted octanol–water partition coefficient (Wildman–Crippen LogP) is 2.05. The van der Waals surface area contributed by atoms with E-state index in [0.717, 1.165) is 28.7 Å². The lowest BCUT2D eigenvalue weighted by Gasteiger charge is -2.09. The lowest BCUT2D eigenvalue weighted by Crippen LogP contribution is -2.24. The van der Waals surface area contributed by atoms with Crippen LogP contribution in [0.5, 0.6) is 0 Å². The van der Waals surface area contributed by atoms with Gasteiger partial charge in [0.25, 0.3) is 11.6 Å². The van der Waals surface area contributed by atoms with Gasteiger partial charge in [0, 0.05) is 24.2 Å². The highest BCUT2D eigenvalue weighted by Crippen LogP contribution is 2.18. The van der Waals surface area contributed by atoms with Gasteiger partial charge in [-0.05, 0) is 17.7 Å². The number of anilines is 1. The standard InChI is InChI=1S/C16H13N5O3/c17-15-13(7-11(9-19-15)21(23)24)16(22)20-8-10-5-6-18-14-4-2-1-3-12(10)14/h1-7,9H,8H2,(H2,17,19)(H,20,22). The molecule has 24 heavy (non-hydrogen) atoms. The molecule has 8 heteroatoms. The summed E-state index contributed by atoms with van der Waals surface area (Å²) in [4.78, 5) is 30.4. The fraction of sp³-hybridized carbons (Fsp3) is 0.0625. The van der Waals surface area contributed by atoms with Crippen molar-refractivity contribution in [2.75, 3.05) is 5.73 Å². The van der Waals surface area contributed by atoms with Crippen molar-refractivity contribution in [1.29, 1.82) is 0 Å². The number of rotatable bonds is 4. The highest BCUT2D eigenvalue weighted by molar-refractivity contribution is 5.99. The monoisotopic (exact) mass is 323 g/mol. The molecule has 0 radical (unpaired) electrons. The van der Waals surface area contributed by atoms with Crippen molar-refractivity contribution in [3.8, 4) is 0 Å². The number of carbonyl (C=O) groups excluding carboxylic acids is 1. The van der Waals surface area contributed by atoms with E-state index in [1.165, 1.54) is 0 Å². The number of para-hydroxylation sites is 1. The Kier molecular flexibility index (Phi) is 4.02. The van der Waals surface area contributed by atoms with Gasteiger partial charge in [-0.2, -0.15) is 0 Å². The molecule has 0 spiro atoms. The Balaban J connectivity index is 1.83. The third-order valence-electron chi connectivity index (χ3n) is 3.54. The second-order valence-electron chi connectivity index (χ2n) is 5.05. The molecule has 3 aromatic rings. The second kappa shape index (κ2) is 6.29. The molecule has 120 valence electrons. The molecule has 1 amide bonds. The van der Waals surface area contributed by atoms with Gasteiger partial charge in [0.2, 0.25) is 0 Å². The van der Waals surface area contributed by atoms with Crippen molar-refractivity contribution >= 4 is 28.3 Å². The number of pyridine rings is 2. The number of nitro groups is 1. The van der Waals surface area contributed by atoms with Crippen LogP contribution in [0.2, 0.25) is 0 Å². The molecule has 0 unspecified atom stereocenters. The molecule has 3 rings (SSSR count). The first-order chi connectivity index (χ1) is 11.6. The molecule has 0 atom stereocenters. The molecule has 2 heterocycles. The van der Waals surface area contributed by atoms with Gasteiger partial charge in [-0.15, -0.1) is 0 Å². The van der Waals surface area contributed by atoms with Gasteiger partial charge < -0.3 is 11.1 Å². The van der Waals surface area contributed by atoms with Gasteiger partial charge in [0.1, 0.15) is 12.0 Å². The number of nitrogen functional groups attached to an aromatic ring is 1. The SMILES string of the molecule is Nc1ncc([N+](=O)[O-])cc1C(=O)NCc1ccnc2ccccc12. The van der Waals surface area contributed by atoms with Gasteiger partial charge in [0.05, 0.1) is 16.0 Å². The van der Waals surface area contributed by atoms with Crippen molar-refractivity contribution in [3.05, 3.63) is 70.0 Å². The van der Waals surface area contributed by atoms with Crippen LogP contribution in [0, 0.1) is 10.1 Å². The largest absolute Gasteiger partial charge is 0.383 e. The average Bonchev–Trinajstić information content (AvgIpc) is 2.59. The van der Waals surface area contributed by atoms with Crippen LogP contribution >= 0.6 is 0 Å². The van der Waals surface area contributed by atoms with Crippen LogP contribution < -0.4 is 11.1 Å². The third-order valence-corrected chi connectivity index (χ3v) is 3.54. The summed E-state index contributed by atoms with van der Waals surface area (Å²) in [6.45, 7) is 0.240. The number of amides is 1. The summed E-state index contributed by atoms with van der Waals surface area (Å²) >= 11 is 0. The van der Waals surface area contributed by atoms with E-state index in [9.17, 15) is 14.9 Å². The summed E-state index contributed by atoms with van der Waals surface area (Å²) in [6, 6.07) is 10.5. The van der Waals surface area contributed by atoms with Gasteiger partial charge >= 0.3 is 0 Å². The van der Waals surface area contributed by atoms with Gasteiger partial charge in [0.15, 0.2) is 0 Å². The van der Waals surface area contributed by atoms with Crippen molar-refractivity contribution in [3.63, 3.8) is 0 Å². The Bertz CT molecular complexity index is 937. The molecule has 0 aliphatic rings. The Morgan fingerprint density at radius 2 is 2.04 bits per heavy atom. The Labute approximate surface area is 136 Å². The zero-order valence-electron chi connectivity index (χ0n) is 12.5. The highest BCUT2D eigenvalue weighted by atomic mass is 16.6. The second-order valence-corrected chi connectivity index (χ2v) is 5.05. The number of nitrogens with two attached hydrogens (primary N) is 1. The number of hydrogen-bond donors (Lipinski definition) is 2. The first kappa shape index (κ1) is 15.3. The quantitative estimate of drug-likeness (QED) is 0.559. The minimum atomic E-state index is -0.625. The van der Waals surface area contributed by atoms with Crippen molar-refractivity contribution in [1.82, 2.24) is 15.3 Å². The number of aromatic nitrogens is 2. The molecule has 0 saturated heterocycles. The predicted molar refractivity (Wildman–Crippen MR) is 88.2 cm³/mol. The molecule has 0 fully saturated rings. The summed E-state index contributed by atoms with van der Waals surface area (Å²) in [6.07, 6.45) is 2.68. The van der Waals surface area contributed by atoms with E-state index >= 15 is 0 Å². The zero-order chi connectivity index (χ0) is 17.1. The Morgan fingerprint density at radius 3 is 2.83 bits per heavy atom. The Morgan fingerprint density at radius 1 is 1.25 bits per heavy atom. The maximum Gasteiger partial charge on any atom is 0.288 e. The van der Waals surface area contributed by atoms with Crippen LogP contribution in [0.25, 0.3) is 10.9 Å². The zero-order valence-corrected chi connectivity index (χ0v) is 12.5. The summed E-state index contributed by atoms with van der Waals surface area (Å²) < 4.78 is 0. The molecule has 3 N–H and O–H groups in total. The molecule has 0 aliphatic carbocycles. The number of hydrogen-bond acceptors (Lipinski definition) is 6. The molecular formula is C16H13N5O3. The van der Waals surface area contributed by atoms with E-state index in [1.807, 2.05) is 24.3 Å². The number of nitrogens with zero attached hydrogens (tertiary/aromatic N) is 3. The third kappa shape index (κ3) is 2.98. The van der Waals surface area contributed by atoms with E-state index in [1.54, 1.807) is 12.3 Å². The summed E-state index contributed by atoms with van der Waals surface area (Å²) in [5.74, 6) is -0.581. The van der Waals surface area contributed by atoms with Crippen molar-refractivity contribution in [2.45, 2.75) is 6.54 Å². The van der Waals surface area contributed by atoms with Crippen molar-refractivity contribution in [2.24, 2.45) is 0 Å². The smallest absolute Gasteiger partial charge is 0.288 e. The first-order valence-corrected chi connectivity index (χ1v) is 7.07. The van der Waals surface area contributed by atoms with Crippen LogP contribution in [0.1, 0.15) is 15.9 Å².